The fourth-order valence-electron chi connectivity index (χ4n) is 3.06. The molecule has 0 bridgehead atoms. The Morgan fingerprint density at radius 2 is 1.67 bits per heavy atom. The predicted molar refractivity (Wildman–Crippen MR) is 112 cm³/mol. The number of rotatable bonds is 6. The molecule has 1 saturated carbocycles. The molecule has 2 unspecified atom stereocenters. The Morgan fingerprint density at radius 3 is 2.19 bits per heavy atom. The summed E-state index contributed by atoms with van der Waals surface area (Å²) in [5, 5.41) is 6.77. The highest BCUT2D eigenvalue weighted by molar-refractivity contribution is 9.10. The molecule has 6 nitrogen and oxygen atoms in total. The Balaban J connectivity index is 1.68. The molecule has 0 radical (unpaired) electrons. The number of halogens is 1. The fourth-order valence-corrected chi connectivity index (χ4v) is 3.32. The highest BCUT2D eigenvalue weighted by atomic mass is 79.9. The first-order valence-corrected chi connectivity index (χ1v) is 9.44. The summed E-state index contributed by atoms with van der Waals surface area (Å²) in [4.78, 5) is 4.33. The first-order valence-electron chi connectivity index (χ1n) is 8.65. The molecule has 2 N–H and O–H groups in total. The Hall–Kier alpha value is -2.41. The van der Waals surface area contributed by atoms with E-state index in [2.05, 4.69) is 55.8 Å². The average Bonchev–Trinajstić information content (AvgIpc) is 3.46. The highest BCUT2D eigenvalue weighted by Gasteiger charge is 2.39. The van der Waals surface area contributed by atoms with E-state index in [0.29, 0.717) is 35.2 Å². The van der Waals surface area contributed by atoms with Crippen LogP contribution in [0, 0.1) is 0 Å². The number of nitrogens with zero attached hydrogens (tertiary/aromatic N) is 1. The fraction of sp³-hybridized carbons (Fsp3) is 0.350. The SMILES string of the molecule is CN=C(Nc1cc(OC)c(OC)c(OC)c1)NC1CC1c1ccc(Br)cc1. The zero-order valence-corrected chi connectivity index (χ0v) is 17.5. The van der Waals surface area contributed by atoms with E-state index in [9.17, 15) is 0 Å². The van der Waals surface area contributed by atoms with Crippen LogP contribution in [0.25, 0.3) is 0 Å². The number of nitrogens with one attached hydrogen (secondary N) is 2. The predicted octanol–water partition coefficient (Wildman–Crippen LogP) is 4.02. The number of guanidine groups is 1. The molecule has 27 heavy (non-hydrogen) atoms. The standard InChI is InChI=1S/C20H24BrN3O3/c1-22-20(24-16-11-15(16)12-5-7-13(21)8-6-12)23-14-9-17(25-2)19(27-4)18(10-14)26-3/h5-10,15-16H,11H2,1-4H3,(H2,22,23,24). The molecule has 0 spiro atoms. The topological polar surface area (TPSA) is 64.1 Å². The molecule has 144 valence electrons. The van der Waals surface area contributed by atoms with E-state index in [1.807, 2.05) is 12.1 Å². The van der Waals surface area contributed by atoms with Gasteiger partial charge >= 0.3 is 0 Å². The van der Waals surface area contributed by atoms with Crippen LogP contribution in [0.5, 0.6) is 17.2 Å². The summed E-state index contributed by atoms with van der Waals surface area (Å²) in [5.41, 5.74) is 2.14. The molecular formula is C20H24BrN3O3. The van der Waals surface area contributed by atoms with Gasteiger partial charge in [0.15, 0.2) is 17.5 Å². The molecule has 1 aliphatic rings. The minimum absolute atomic E-state index is 0.361. The minimum Gasteiger partial charge on any atom is -0.493 e. The van der Waals surface area contributed by atoms with Crippen molar-refractivity contribution in [3.63, 3.8) is 0 Å². The highest BCUT2D eigenvalue weighted by Crippen LogP contribution is 2.42. The van der Waals surface area contributed by atoms with Gasteiger partial charge in [-0.25, -0.2) is 0 Å². The maximum absolute atomic E-state index is 5.40. The van der Waals surface area contributed by atoms with E-state index in [4.69, 9.17) is 14.2 Å². The number of hydrogen-bond acceptors (Lipinski definition) is 4. The lowest BCUT2D eigenvalue weighted by Gasteiger charge is -2.16. The zero-order chi connectivity index (χ0) is 19.4. The van der Waals surface area contributed by atoms with Crippen molar-refractivity contribution < 1.29 is 14.2 Å². The summed E-state index contributed by atoms with van der Waals surface area (Å²) in [6.07, 6.45) is 1.08. The number of benzene rings is 2. The number of hydrogen-bond donors (Lipinski definition) is 2. The molecule has 0 aliphatic heterocycles. The van der Waals surface area contributed by atoms with E-state index in [0.717, 1.165) is 16.6 Å². The summed E-state index contributed by atoms with van der Waals surface area (Å²) >= 11 is 3.48. The van der Waals surface area contributed by atoms with Crippen molar-refractivity contribution in [1.82, 2.24) is 5.32 Å². The van der Waals surface area contributed by atoms with Gasteiger partial charge in [0.2, 0.25) is 5.75 Å². The zero-order valence-electron chi connectivity index (χ0n) is 15.9. The van der Waals surface area contributed by atoms with Crippen LogP contribution in [-0.2, 0) is 0 Å². The van der Waals surface area contributed by atoms with Gasteiger partial charge in [-0.3, -0.25) is 4.99 Å². The van der Waals surface area contributed by atoms with Gasteiger partial charge in [-0.05, 0) is 24.1 Å². The molecule has 1 fully saturated rings. The third-order valence-electron chi connectivity index (χ3n) is 4.56. The van der Waals surface area contributed by atoms with Crippen molar-refractivity contribution in [1.29, 1.82) is 0 Å². The largest absolute Gasteiger partial charge is 0.493 e. The Morgan fingerprint density at radius 1 is 1.04 bits per heavy atom. The van der Waals surface area contributed by atoms with E-state index < -0.39 is 0 Å². The van der Waals surface area contributed by atoms with Crippen LogP contribution in [-0.4, -0.2) is 40.4 Å². The number of aliphatic imine (C=N–C) groups is 1. The summed E-state index contributed by atoms with van der Waals surface area (Å²) in [6, 6.07) is 12.5. The smallest absolute Gasteiger partial charge is 0.203 e. The summed E-state index contributed by atoms with van der Waals surface area (Å²) in [7, 11) is 6.54. The van der Waals surface area contributed by atoms with Crippen molar-refractivity contribution >= 4 is 27.6 Å². The lowest BCUT2D eigenvalue weighted by atomic mass is 10.1. The normalized spacial score (nSPS) is 18.6. The Kier molecular flexibility index (Phi) is 6.11. The second-order valence-corrected chi connectivity index (χ2v) is 7.17. The molecule has 2 atom stereocenters. The van der Waals surface area contributed by atoms with Crippen molar-refractivity contribution in [2.24, 2.45) is 4.99 Å². The molecule has 0 amide bonds. The van der Waals surface area contributed by atoms with Gasteiger partial charge in [0.05, 0.1) is 21.3 Å². The van der Waals surface area contributed by atoms with E-state index >= 15 is 0 Å². The lowest BCUT2D eigenvalue weighted by molar-refractivity contribution is 0.324. The van der Waals surface area contributed by atoms with Crippen LogP contribution < -0.4 is 24.8 Å². The second kappa shape index (κ2) is 8.52. The summed E-state index contributed by atoms with van der Waals surface area (Å²) < 4.78 is 17.3. The van der Waals surface area contributed by atoms with Crippen molar-refractivity contribution in [3.8, 4) is 17.2 Å². The van der Waals surface area contributed by atoms with E-state index in [-0.39, 0.29) is 0 Å². The molecule has 2 aromatic rings. The molecule has 0 heterocycles. The third kappa shape index (κ3) is 4.47. The van der Waals surface area contributed by atoms with Gasteiger partial charge in [0.1, 0.15) is 0 Å². The molecule has 2 aromatic carbocycles. The molecule has 0 saturated heterocycles. The average molecular weight is 434 g/mol. The molecule has 1 aliphatic carbocycles. The van der Waals surface area contributed by atoms with Gasteiger partial charge in [-0.2, -0.15) is 0 Å². The summed E-state index contributed by atoms with van der Waals surface area (Å²) in [6.45, 7) is 0. The van der Waals surface area contributed by atoms with Gasteiger partial charge in [-0.15, -0.1) is 0 Å². The summed E-state index contributed by atoms with van der Waals surface area (Å²) in [5.74, 6) is 2.94. The van der Waals surface area contributed by atoms with Crippen molar-refractivity contribution in [2.45, 2.75) is 18.4 Å². The first-order chi connectivity index (χ1) is 13.1. The molecule has 3 rings (SSSR count). The third-order valence-corrected chi connectivity index (χ3v) is 5.09. The van der Waals surface area contributed by atoms with Crippen LogP contribution in [0.15, 0.2) is 45.9 Å². The quantitative estimate of drug-likeness (QED) is 0.531. The maximum atomic E-state index is 5.40. The second-order valence-electron chi connectivity index (χ2n) is 6.26. The molecule has 7 heteroatoms. The Bertz CT molecular complexity index is 799. The first kappa shape index (κ1) is 19.4. The maximum Gasteiger partial charge on any atom is 0.203 e. The van der Waals surface area contributed by atoms with Crippen molar-refractivity contribution in [3.05, 3.63) is 46.4 Å². The molecular weight excluding hydrogens is 410 g/mol. The number of anilines is 1. The van der Waals surface area contributed by atoms with Crippen LogP contribution in [0.3, 0.4) is 0 Å². The van der Waals surface area contributed by atoms with Crippen molar-refractivity contribution in [2.75, 3.05) is 33.7 Å². The minimum atomic E-state index is 0.361. The lowest BCUT2D eigenvalue weighted by Crippen LogP contribution is -2.33. The van der Waals surface area contributed by atoms with Crippen LogP contribution in [0.4, 0.5) is 5.69 Å². The van der Waals surface area contributed by atoms with E-state index in [1.165, 1.54) is 5.56 Å². The molecule has 0 aromatic heterocycles. The van der Waals surface area contributed by atoms with Gasteiger partial charge in [-0.1, -0.05) is 28.1 Å². The Labute approximate surface area is 168 Å². The van der Waals surface area contributed by atoms with Gasteiger partial charge < -0.3 is 24.8 Å². The monoisotopic (exact) mass is 433 g/mol. The number of ether oxygens (including phenoxy) is 3. The van der Waals surface area contributed by atoms with Crippen LogP contribution in [0.2, 0.25) is 0 Å². The van der Waals surface area contributed by atoms with Gasteiger partial charge in [0.25, 0.3) is 0 Å². The van der Waals surface area contributed by atoms with Crippen LogP contribution in [0.1, 0.15) is 17.9 Å². The number of methoxy groups -OCH3 is 3. The van der Waals surface area contributed by atoms with Crippen LogP contribution >= 0.6 is 15.9 Å². The van der Waals surface area contributed by atoms with Gasteiger partial charge in [0, 0.05) is 41.3 Å². The van der Waals surface area contributed by atoms with E-state index in [1.54, 1.807) is 28.4 Å².